The average Bonchev–Trinajstić information content (AvgIpc) is 3.15. The highest BCUT2D eigenvalue weighted by Gasteiger charge is 2.42. The highest BCUT2D eigenvalue weighted by atomic mass is 32.2. The topological polar surface area (TPSA) is 80.5 Å². The standard InChI is InChI=1S/C18H14F3N5O2S/c1-9-6-10(2)25-16(22-9)23-24-17(25)29-13-8-14(27)26(15(13)28)12-5-3-4-11(7-12)18(19,20)21/h3-7,13H,8H2,1-2H3/t13-/m0/s1. The normalized spacial score (nSPS) is 17.6. The Kier molecular flexibility index (Phi) is 4.56. The molecule has 3 heterocycles. The molecule has 1 aromatic carbocycles. The van der Waals surface area contributed by atoms with Crippen molar-refractivity contribution in [3.8, 4) is 0 Å². The van der Waals surface area contributed by atoms with Gasteiger partial charge in [0.15, 0.2) is 5.16 Å². The predicted octanol–water partition coefficient (Wildman–Crippen LogP) is 3.18. The van der Waals surface area contributed by atoms with Gasteiger partial charge in [0.1, 0.15) is 5.25 Å². The Hall–Kier alpha value is -2.95. The number of nitrogens with zero attached hydrogens (tertiary/aromatic N) is 5. The predicted molar refractivity (Wildman–Crippen MR) is 98.5 cm³/mol. The van der Waals surface area contributed by atoms with Gasteiger partial charge in [-0.1, -0.05) is 17.8 Å². The van der Waals surface area contributed by atoms with Gasteiger partial charge in [-0.15, -0.1) is 10.2 Å². The maximum absolute atomic E-state index is 13.0. The lowest BCUT2D eigenvalue weighted by molar-refractivity contribution is -0.137. The summed E-state index contributed by atoms with van der Waals surface area (Å²) in [6.07, 6.45) is -4.72. The Bertz CT molecular complexity index is 1140. The number of hydrogen-bond donors (Lipinski definition) is 0. The zero-order chi connectivity index (χ0) is 20.9. The van der Waals surface area contributed by atoms with E-state index in [1.54, 1.807) is 4.40 Å². The molecule has 1 aliphatic heterocycles. The molecule has 0 spiro atoms. The van der Waals surface area contributed by atoms with Gasteiger partial charge in [-0.2, -0.15) is 13.2 Å². The Morgan fingerprint density at radius 3 is 2.62 bits per heavy atom. The number of rotatable bonds is 3. The summed E-state index contributed by atoms with van der Waals surface area (Å²) >= 11 is 1.04. The second kappa shape index (κ2) is 6.83. The lowest BCUT2D eigenvalue weighted by Gasteiger charge is -2.16. The van der Waals surface area contributed by atoms with Crippen LogP contribution in [0.1, 0.15) is 23.4 Å². The molecule has 0 bridgehead atoms. The van der Waals surface area contributed by atoms with E-state index in [4.69, 9.17) is 0 Å². The van der Waals surface area contributed by atoms with Crippen molar-refractivity contribution >= 4 is 35.0 Å². The molecule has 7 nitrogen and oxygen atoms in total. The Balaban J connectivity index is 1.63. The fourth-order valence-corrected chi connectivity index (χ4v) is 4.30. The van der Waals surface area contributed by atoms with Gasteiger partial charge < -0.3 is 0 Å². The van der Waals surface area contributed by atoms with Crippen molar-refractivity contribution in [2.24, 2.45) is 0 Å². The molecule has 1 saturated heterocycles. The first-order valence-corrected chi connectivity index (χ1v) is 9.43. The summed E-state index contributed by atoms with van der Waals surface area (Å²) in [4.78, 5) is 30.3. The molecule has 11 heteroatoms. The summed E-state index contributed by atoms with van der Waals surface area (Å²) in [5.41, 5.74) is 0.554. The van der Waals surface area contributed by atoms with Crippen LogP contribution in [0, 0.1) is 13.8 Å². The maximum atomic E-state index is 13.0. The summed E-state index contributed by atoms with van der Waals surface area (Å²) in [5, 5.41) is 7.61. The SMILES string of the molecule is Cc1cc(C)n2c(S[C@H]3CC(=O)N(c4cccc(C(F)(F)F)c4)C3=O)nnc2n1. The van der Waals surface area contributed by atoms with Gasteiger partial charge in [-0.25, -0.2) is 9.88 Å². The minimum Gasteiger partial charge on any atom is -0.274 e. The van der Waals surface area contributed by atoms with Crippen molar-refractivity contribution < 1.29 is 22.8 Å². The second-order valence-corrected chi connectivity index (χ2v) is 7.75. The number of amides is 2. The highest BCUT2D eigenvalue weighted by molar-refractivity contribution is 8.00. The first-order chi connectivity index (χ1) is 13.6. The molecule has 3 aromatic rings. The molecule has 29 heavy (non-hydrogen) atoms. The Morgan fingerprint density at radius 2 is 1.90 bits per heavy atom. The van der Waals surface area contributed by atoms with Crippen LogP contribution in [0.5, 0.6) is 0 Å². The number of hydrogen-bond acceptors (Lipinski definition) is 6. The van der Waals surface area contributed by atoms with Crippen LogP contribution >= 0.6 is 11.8 Å². The fourth-order valence-electron chi connectivity index (χ4n) is 3.19. The number of alkyl halides is 3. The molecule has 0 N–H and O–H groups in total. The van der Waals surface area contributed by atoms with Crippen molar-refractivity contribution in [2.75, 3.05) is 4.90 Å². The average molecular weight is 421 g/mol. The van der Waals surface area contributed by atoms with Gasteiger partial charge in [0, 0.05) is 17.8 Å². The van der Waals surface area contributed by atoms with Crippen molar-refractivity contribution in [3.63, 3.8) is 0 Å². The third-order valence-electron chi connectivity index (χ3n) is 4.45. The van der Waals surface area contributed by atoms with Gasteiger partial charge in [0.05, 0.1) is 11.3 Å². The number of carbonyl (C=O) groups excluding carboxylic acids is 2. The lowest BCUT2D eigenvalue weighted by Crippen LogP contribution is -2.31. The van der Waals surface area contributed by atoms with Gasteiger partial charge in [0.25, 0.3) is 5.78 Å². The summed E-state index contributed by atoms with van der Waals surface area (Å²) in [6.45, 7) is 3.66. The van der Waals surface area contributed by atoms with Crippen LogP contribution in [0.25, 0.3) is 5.78 Å². The highest BCUT2D eigenvalue weighted by Crippen LogP contribution is 2.36. The van der Waals surface area contributed by atoms with Crippen molar-refractivity contribution in [1.82, 2.24) is 19.6 Å². The molecule has 0 radical (unpaired) electrons. The Morgan fingerprint density at radius 1 is 1.14 bits per heavy atom. The number of halogens is 3. The van der Waals surface area contributed by atoms with Crippen LogP contribution in [0.15, 0.2) is 35.5 Å². The molecule has 4 rings (SSSR count). The van der Waals surface area contributed by atoms with Crippen LogP contribution < -0.4 is 4.90 Å². The van der Waals surface area contributed by atoms with E-state index < -0.39 is 28.8 Å². The number of benzene rings is 1. The summed E-state index contributed by atoms with van der Waals surface area (Å²) in [7, 11) is 0. The molecule has 1 aliphatic rings. The van der Waals surface area contributed by atoms with Gasteiger partial charge in [-0.3, -0.25) is 14.0 Å². The van der Waals surface area contributed by atoms with Crippen molar-refractivity contribution in [1.29, 1.82) is 0 Å². The molecule has 1 fully saturated rings. The van der Waals surface area contributed by atoms with E-state index in [1.807, 2.05) is 19.9 Å². The monoisotopic (exact) mass is 421 g/mol. The number of carbonyl (C=O) groups is 2. The van der Waals surface area contributed by atoms with Gasteiger partial charge >= 0.3 is 6.18 Å². The third-order valence-corrected chi connectivity index (χ3v) is 5.58. The molecule has 0 aliphatic carbocycles. The minimum atomic E-state index is -4.57. The smallest absolute Gasteiger partial charge is 0.274 e. The second-order valence-electron chi connectivity index (χ2n) is 6.58. The van der Waals surface area contributed by atoms with E-state index >= 15 is 0 Å². The first kappa shape index (κ1) is 19.4. The number of aryl methyl sites for hydroxylation is 2. The minimum absolute atomic E-state index is 0.0995. The van der Waals surface area contributed by atoms with E-state index in [9.17, 15) is 22.8 Å². The molecule has 2 amide bonds. The lowest BCUT2D eigenvalue weighted by atomic mass is 10.2. The quantitative estimate of drug-likeness (QED) is 0.605. The van der Waals surface area contributed by atoms with Crippen LogP contribution in [0.3, 0.4) is 0 Å². The van der Waals surface area contributed by atoms with E-state index in [1.165, 1.54) is 12.1 Å². The number of thioether (sulfide) groups is 1. The summed E-state index contributed by atoms with van der Waals surface area (Å²) in [5.74, 6) is -0.781. The number of imide groups is 1. The largest absolute Gasteiger partial charge is 0.416 e. The zero-order valence-corrected chi connectivity index (χ0v) is 16.1. The van der Waals surface area contributed by atoms with Gasteiger partial charge in [-0.05, 0) is 38.1 Å². The van der Waals surface area contributed by atoms with Crippen LogP contribution in [0.4, 0.5) is 18.9 Å². The van der Waals surface area contributed by atoms with Crippen molar-refractivity contribution in [3.05, 3.63) is 47.3 Å². The van der Waals surface area contributed by atoms with E-state index in [0.717, 1.165) is 40.2 Å². The van der Waals surface area contributed by atoms with E-state index in [0.29, 0.717) is 10.9 Å². The molecule has 1 atom stereocenters. The Labute approximate surface area is 166 Å². The third kappa shape index (κ3) is 3.46. The molecule has 150 valence electrons. The van der Waals surface area contributed by atoms with Crippen LogP contribution in [-0.2, 0) is 15.8 Å². The first-order valence-electron chi connectivity index (χ1n) is 8.55. The molecular weight excluding hydrogens is 407 g/mol. The maximum Gasteiger partial charge on any atom is 0.416 e. The van der Waals surface area contributed by atoms with Crippen LogP contribution in [-0.4, -0.2) is 36.6 Å². The number of aromatic nitrogens is 4. The summed E-state index contributed by atoms with van der Waals surface area (Å²) < 4.78 is 40.6. The van der Waals surface area contributed by atoms with Gasteiger partial charge in [0.2, 0.25) is 11.8 Å². The molecular formula is C18H14F3N5O2S. The van der Waals surface area contributed by atoms with Crippen LogP contribution in [0.2, 0.25) is 0 Å². The zero-order valence-electron chi connectivity index (χ0n) is 15.3. The summed E-state index contributed by atoms with van der Waals surface area (Å²) in [6, 6.07) is 5.99. The van der Waals surface area contributed by atoms with E-state index in [2.05, 4.69) is 15.2 Å². The number of anilines is 1. The number of fused-ring (bicyclic) bond motifs is 1. The van der Waals surface area contributed by atoms with Crippen molar-refractivity contribution in [2.45, 2.75) is 36.9 Å². The fraction of sp³-hybridized carbons (Fsp3) is 0.278. The van der Waals surface area contributed by atoms with E-state index in [-0.39, 0.29) is 12.1 Å². The molecule has 2 aromatic heterocycles. The molecule has 0 saturated carbocycles. The molecule has 0 unspecified atom stereocenters.